The van der Waals surface area contributed by atoms with E-state index in [2.05, 4.69) is 10.2 Å². The molecule has 0 bridgehead atoms. The molecular formula is C15H22ClN5O. The van der Waals surface area contributed by atoms with E-state index >= 15 is 0 Å². The fraction of sp³-hybridized carbons (Fsp3) is 0.533. The van der Waals surface area contributed by atoms with E-state index in [4.69, 9.17) is 11.6 Å². The second-order valence-electron chi connectivity index (χ2n) is 5.67. The van der Waals surface area contributed by atoms with Crippen LogP contribution in [0.4, 0.5) is 0 Å². The Morgan fingerprint density at radius 2 is 2.00 bits per heavy atom. The number of rotatable bonds is 4. The van der Waals surface area contributed by atoms with Gasteiger partial charge in [0.2, 0.25) is 5.91 Å². The van der Waals surface area contributed by atoms with Gasteiger partial charge in [0, 0.05) is 31.9 Å². The standard InChI is InChI=1S/C15H22ClN5O/c1-9-13(10(2)20(6)18-9)8-19(5)15(22)12(4)21-11(3)14(16)7-17-21/h7,12H,8H2,1-6H3. The summed E-state index contributed by atoms with van der Waals surface area (Å²) in [7, 11) is 3.70. The zero-order valence-corrected chi connectivity index (χ0v) is 14.6. The van der Waals surface area contributed by atoms with Gasteiger partial charge in [-0.15, -0.1) is 0 Å². The molecule has 1 unspecified atom stereocenters. The van der Waals surface area contributed by atoms with Crippen LogP contribution in [0.3, 0.4) is 0 Å². The molecule has 0 N–H and O–H groups in total. The van der Waals surface area contributed by atoms with Crippen molar-refractivity contribution in [1.29, 1.82) is 0 Å². The lowest BCUT2D eigenvalue weighted by Crippen LogP contribution is -2.33. The van der Waals surface area contributed by atoms with Crippen molar-refractivity contribution in [3.05, 3.63) is 33.9 Å². The van der Waals surface area contributed by atoms with Crippen molar-refractivity contribution < 1.29 is 4.79 Å². The maximum absolute atomic E-state index is 12.6. The molecule has 0 aliphatic rings. The zero-order valence-electron chi connectivity index (χ0n) is 13.9. The lowest BCUT2D eigenvalue weighted by molar-refractivity contribution is -0.133. The van der Waals surface area contributed by atoms with Gasteiger partial charge in [-0.2, -0.15) is 10.2 Å². The predicted molar refractivity (Wildman–Crippen MR) is 85.8 cm³/mol. The Kier molecular flexibility index (Phi) is 4.60. The van der Waals surface area contributed by atoms with Crippen molar-refractivity contribution in [2.24, 2.45) is 7.05 Å². The zero-order chi connectivity index (χ0) is 16.6. The van der Waals surface area contributed by atoms with Crippen molar-refractivity contribution in [2.75, 3.05) is 7.05 Å². The second-order valence-corrected chi connectivity index (χ2v) is 6.07. The van der Waals surface area contributed by atoms with Crippen LogP contribution in [0.2, 0.25) is 5.02 Å². The minimum Gasteiger partial charge on any atom is -0.339 e. The summed E-state index contributed by atoms with van der Waals surface area (Å²) in [6.45, 7) is 8.19. The van der Waals surface area contributed by atoms with Crippen LogP contribution in [-0.2, 0) is 18.4 Å². The number of aromatic nitrogens is 4. The molecule has 0 fully saturated rings. The molecule has 2 rings (SSSR count). The van der Waals surface area contributed by atoms with E-state index in [1.54, 1.807) is 22.8 Å². The monoisotopic (exact) mass is 323 g/mol. The van der Waals surface area contributed by atoms with Crippen molar-refractivity contribution in [2.45, 2.75) is 40.3 Å². The topological polar surface area (TPSA) is 56.0 Å². The molecule has 120 valence electrons. The molecule has 0 aliphatic carbocycles. The first-order chi connectivity index (χ1) is 10.2. The van der Waals surface area contributed by atoms with Gasteiger partial charge in [0.15, 0.2) is 0 Å². The number of hydrogen-bond donors (Lipinski definition) is 0. The van der Waals surface area contributed by atoms with Crippen LogP contribution in [0.5, 0.6) is 0 Å². The summed E-state index contributed by atoms with van der Waals surface area (Å²) < 4.78 is 3.49. The summed E-state index contributed by atoms with van der Waals surface area (Å²) in [5.41, 5.74) is 3.90. The Labute approximate surface area is 135 Å². The SMILES string of the molecule is Cc1nn(C)c(C)c1CN(C)C(=O)C(C)n1ncc(Cl)c1C. The molecule has 0 aromatic carbocycles. The van der Waals surface area contributed by atoms with Gasteiger partial charge in [-0.25, -0.2) is 0 Å². The third kappa shape index (κ3) is 2.88. The third-order valence-corrected chi connectivity index (χ3v) is 4.51. The summed E-state index contributed by atoms with van der Waals surface area (Å²) in [5.74, 6) is -0.00878. The van der Waals surface area contributed by atoms with E-state index in [1.165, 1.54) is 0 Å². The Bertz CT molecular complexity index is 703. The summed E-state index contributed by atoms with van der Waals surface area (Å²) in [4.78, 5) is 14.3. The van der Waals surface area contributed by atoms with Crippen LogP contribution >= 0.6 is 11.6 Å². The number of halogens is 1. The molecular weight excluding hydrogens is 302 g/mol. The molecule has 0 radical (unpaired) electrons. The number of hydrogen-bond acceptors (Lipinski definition) is 3. The number of carbonyl (C=O) groups excluding carboxylic acids is 1. The van der Waals surface area contributed by atoms with Crippen molar-refractivity contribution >= 4 is 17.5 Å². The van der Waals surface area contributed by atoms with Crippen LogP contribution in [0.1, 0.15) is 35.6 Å². The number of carbonyl (C=O) groups is 1. The van der Waals surface area contributed by atoms with Crippen LogP contribution < -0.4 is 0 Å². The predicted octanol–water partition coefficient (Wildman–Crippen LogP) is 2.41. The lowest BCUT2D eigenvalue weighted by Gasteiger charge is -2.22. The molecule has 7 heteroatoms. The molecule has 2 heterocycles. The molecule has 0 saturated heterocycles. The van der Waals surface area contributed by atoms with E-state index in [1.807, 2.05) is 39.4 Å². The highest BCUT2D eigenvalue weighted by atomic mass is 35.5. The van der Waals surface area contributed by atoms with Gasteiger partial charge in [0.25, 0.3) is 0 Å². The Balaban J connectivity index is 2.17. The molecule has 1 amide bonds. The normalized spacial score (nSPS) is 12.5. The van der Waals surface area contributed by atoms with Gasteiger partial charge in [0.1, 0.15) is 6.04 Å². The van der Waals surface area contributed by atoms with Gasteiger partial charge in [-0.3, -0.25) is 14.2 Å². The van der Waals surface area contributed by atoms with Crippen LogP contribution in [0.15, 0.2) is 6.20 Å². The average molecular weight is 324 g/mol. The van der Waals surface area contributed by atoms with E-state index in [9.17, 15) is 4.79 Å². The van der Waals surface area contributed by atoms with E-state index in [0.29, 0.717) is 11.6 Å². The minimum atomic E-state index is -0.394. The Hall–Kier alpha value is -1.82. The average Bonchev–Trinajstić information content (AvgIpc) is 2.92. The van der Waals surface area contributed by atoms with Gasteiger partial charge in [-0.1, -0.05) is 11.6 Å². The van der Waals surface area contributed by atoms with Crippen molar-refractivity contribution in [1.82, 2.24) is 24.5 Å². The fourth-order valence-electron chi connectivity index (χ4n) is 2.58. The maximum atomic E-state index is 12.6. The summed E-state index contributed by atoms with van der Waals surface area (Å²) in [6.07, 6.45) is 1.57. The highest BCUT2D eigenvalue weighted by molar-refractivity contribution is 6.31. The fourth-order valence-corrected chi connectivity index (χ4v) is 2.71. The number of nitrogens with zero attached hydrogens (tertiary/aromatic N) is 5. The summed E-state index contributed by atoms with van der Waals surface area (Å²) in [5, 5.41) is 9.14. The third-order valence-electron chi connectivity index (χ3n) is 4.14. The van der Waals surface area contributed by atoms with E-state index in [0.717, 1.165) is 22.6 Å². The molecule has 2 aromatic heterocycles. The summed E-state index contributed by atoms with van der Waals surface area (Å²) >= 11 is 6.01. The van der Waals surface area contributed by atoms with Gasteiger partial charge < -0.3 is 4.90 Å². The largest absolute Gasteiger partial charge is 0.339 e. The van der Waals surface area contributed by atoms with Gasteiger partial charge in [-0.05, 0) is 27.7 Å². The molecule has 1 atom stereocenters. The van der Waals surface area contributed by atoms with E-state index < -0.39 is 6.04 Å². The second kappa shape index (κ2) is 6.12. The van der Waals surface area contributed by atoms with Crippen molar-refractivity contribution in [3.8, 4) is 0 Å². The van der Waals surface area contributed by atoms with E-state index in [-0.39, 0.29) is 5.91 Å². The molecule has 0 saturated carbocycles. The van der Waals surface area contributed by atoms with Crippen LogP contribution in [0.25, 0.3) is 0 Å². The first-order valence-corrected chi connectivity index (χ1v) is 7.55. The number of likely N-dealkylation sites (N-methyl/N-ethyl adjacent to an activating group) is 1. The van der Waals surface area contributed by atoms with Crippen molar-refractivity contribution in [3.63, 3.8) is 0 Å². The van der Waals surface area contributed by atoms with Crippen LogP contribution in [0, 0.1) is 20.8 Å². The first kappa shape index (κ1) is 16.5. The quantitative estimate of drug-likeness (QED) is 0.868. The molecule has 6 nitrogen and oxygen atoms in total. The maximum Gasteiger partial charge on any atom is 0.247 e. The smallest absolute Gasteiger partial charge is 0.247 e. The first-order valence-electron chi connectivity index (χ1n) is 7.17. The highest BCUT2D eigenvalue weighted by Crippen LogP contribution is 2.20. The lowest BCUT2D eigenvalue weighted by atomic mass is 10.1. The Morgan fingerprint density at radius 1 is 1.36 bits per heavy atom. The number of aryl methyl sites for hydroxylation is 2. The molecule has 22 heavy (non-hydrogen) atoms. The minimum absolute atomic E-state index is 0.00878. The van der Waals surface area contributed by atoms with Crippen LogP contribution in [-0.4, -0.2) is 37.4 Å². The van der Waals surface area contributed by atoms with Gasteiger partial charge in [0.05, 0.1) is 22.6 Å². The van der Waals surface area contributed by atoms with Gasteiger partial charge >= 0.3 is 0 Å². The molecule has 0 spiro atoms. The Morgan fingerprint density at radius 3 is 2.45 bits per heavy atom. The number of amides is 1. The summed E-state index contributed by atoms with van der Waals surface area (Å²) in [6, 6.07) is -0.394. The highest BCUT2D eigenvalue weighted by Gasteiger charge is 2.23. The molecule has 2 aromatic rings. The molecule has 0 aliphatic heterocycles.